The fourth-order valence-corrected chi connectivity index (χ4v) is 4.83. The highest BCUT2D eigenvalue weighted by Gasteiger charge is 2.25. The zero-order chi connectivity index (χ0) is 25.5. The molecule has 3 amide bonds. The number of benzene rings is 2. The van der Waals surface area contributed by atoms with Gasteiger partial charge in [0.15, 0.2) is 0 Å². The summed E-state index contributed by atoms with van der Waals surface area (Å²) < 4.78 is 0. The number of fused-ring (bicyclic) bond motifs is 1. The van der Waals surface area contributed by atoms with Gasteiger partial charge >= 0.3 is 11.8 Å². The van der Waals surface area contributed by atoms with Crippen molar-refractivity contribution in [2.24, 2.45) is 5.92 Å². The van der Waals surface area contributed by atoms with Crippen molar-refractivity contribution >= 4 is 34.8 Å². The van der Waals surface area contributed by atoms with Crippen molar-refractivity contribution < 1.29 is 14.4 Å². The van der Waals surface area contributed by atoms with Crippen LogP contribution in [0, 0.1) is 5.92 Å². The van der Waals surface area contributed by atoms with E-state index in [2.05, 4.69) is 44.7 Å². The van der Waals surface area contributed by atoms with Crippen molar-refractivity contribution in [3.63, 3.8) is 0 Å². The van der Waals surface area contributed by atoms with Gasteiger partial charge in [0.25, 0.3) is 0 Å². The molecular formula is C28H37N5O3. The Morgan fingerprint density at radius 3 is 2.39 bits per heavy atom. The molecule has 1 fully saturated rings. The summed E-state index contributed by atoms with van der Waals surface area (Å²) in [5.74, 6) is -1.37. The van der Waals surface area contributed by atoms with Gasteiger partial charge in [-0.1, -0.05) is 38.1 Å². The highest BCUT2D eigenvalue weighted by atomic mass is 16.2. The van der Waals surface area contributed by atoms with Crippen LogP contribution in [0.15, 0.2) is 48.5 Å². The van der Waals surface area contributed by atoms with Crippen LogP contribution < -0.4 is 20.4 Å². The normalized spacial score (nSPS) is 16.0. The average molecular weight is 492 g/mol. The SMILES string of the molecule is CC(C)C(=O)N1CCCc2ccc(NC(=O)C(=O)NCCCN3CCN(c4ccccc4)CC3)cc21. The average Bonchev–Trinajstić information content (AvgIpc) is 2.91. The minimum absolute atomic E-state index is 0.0682. The van der Waals surface area contributed by atoms with Gasteiger partial charge in [-0.2, -0.15) is 0 Å². The number of hydrogen-bond acceptors (Lipinski definition) is 5. The van der Waals surface area contributed by atoms with Gasteiger partial charge in [-0.15, -0.1) is 0 Å². The number of nitrogens with zero attached hydrogens (tertiary/aromatic N) is 3. The summed E-state index contributed by atoms with van der Waals surface area (Å²) in [5.41, 5.74) is 3.69. The molecule has 2 aliphatic rings. The Balaban J connectivity index is 1.20. The number of carbonyl (C=O) groups is 3. The van der Waals surface area contributed by atoms with Crippen LogP contribution in [0.25, 0.3) is 0 Å². The smallest absolute Gasteiger partial charge is 0.313 e. The van der Waals surface area contributed by atoms with Crippen LogP contribution >= 0.6 is 0 Å². The zero-order valence-corrected chi connectivity index (χ0v) is 21.3. The standard InChI is InChI=1S/C28H37N5O3/c1-21(2)28(36)33-15-6-8-22-11-12-23(20-25(22)33)30-27(35)26(34)29-13-7-14-31-16-18-32(19-17-31)24-9-4-3-5-10-24/h3-5,9-12,20-21H,6-8,13-19H2,1-2H3,(H,29,34)(H,30,35). The van der Waals surface area contributed by atoms with Crippen LogP contribution in [0.4, 0.5) is 17.1 Å². The van der Waals surface area contributed by atoms with Gasteiger partial charge in [-0.25, -0.2) is 0 Å². The molecule has 0 saturated carbocycles. The number of piperazine rings is 1. The van der Waals surface area contributed by atoms with Crippen LogP contribution in [0.1, 0.15) is 32.3 Å². The fraction of sp³-hybridized carbons (Fsp3) is 0.464. The minimum Gasteiger partial charge on any atom is -0.369 e. The number of anilines is 3. The van der Waals surface area contributed by atoms with Gasteiger partial charge in [0.1, 0.15) is 0 Å². The molecule has 8 nitrogen and oxygen atoms in total. The van der Waals surface area contributed by atoms with E-state index >= 15 is 0 Å². The lowest BCUT2D eigenvalue weighted by atomic mass is 9.99. The van der Waals surface area contributed by atoms with Crippen molar-refractivity contribution in [2.75, 3.05) is 60.9 Å². The number of carbonyl (C=O) groups excluding carboxylic acids is 3. The molecule has 0 aromatic heterocycles. The van der Waals surface area contributed by atoms with Gasteiger partial charge in [-0.05, 0) is 55.6 Å². The summed E-state index contributed by atoms with van der Waals surface area (Å²) in [6, 6.07) is 16.0. The first-order chi connectivity index (χ1) is 17.4. The number of amides is 3. The molecule has 2 N–H and O–H groups in total. The Hall–Kier alpha value is -3.39. The summed E-state index contributed by atoms with van der Waals surface area (Å²) in [4.78, 5) is 44.0. The Morgan fingerprint density at radius 2 is 1.67 bits per heavy atom. The fourth-order valence-electron chi connectivity index (χ4n) is 4.83. The van der Waals surface area contributed by atoms with Crippen LogP contribution in [0.3, 0.4) is 0 Å². The van der Waals surface area contributed by atoms with Gasteiger partial charge in [0.2, 0.25) is 5.91 Å². The molecule has 4 rings (SSSR count). The highest BCUT2D eigenvalue weighted by molar-refractivity contribution is 6.39. The third-order valence-electron chi connectivity index (χ3n) is 6.86. The Kier molecular flexibility index (Phi) is 8.59. The van der Waals surface area contributed by atoms with Crippen molar-refractivity contribution in [3.05, 3.63) is 54.1 Å². The van der Waals surface area contributed by atoms with Crippen molar-refractivity contribution in [2.45, 2.75) is 33.1 Å². The lowest BCUT2D eigenvalue weighted by Crippen LogP contribution is -2.47. The number of nitrogens with one attached hydrogen (secondary N) is 2. The van der Waals surface area contributed by atoms with E-state index in [-0.39, 0.29) is 11.8 Å². The van der Waals surface area contributed by atoms with E-state index in [1.165, 1.54) is 5.69 Å². The maximum absolute atomic E-state index is 12.6. The molecule has 0 atom stereocenters. The van der Waals surface area contributed by atoms with Crippen LogP contribution in [-0.2, 0) is 20.8 Å². The molecule has 0 radical (unpaired) electrons. The van der Waals surface area contributed by atoms with E-state index in [4.69, 9.17) is 0 Å². The van der Waals surface area contributed by atoms with Gasteiger partial charge in [0.05, 0.1) is 0 Å². The van der Waals surface area contributed by atoms with Gasteiger partial charge in [0, 0.05) is 62.2 Å². The van der Waals surface area contributed by atoms with E-state index < -0.39 is 11.8 Å². The Bertz CT molecular complexity index is 1060. The summed E-state index contributed by atoms with van der Waals surface area (Å²) in [5, 5.41) is 5.41. The minimum atomic E-state index is -0.691. The molecule has 0 bridgehead atoms. The van der Waals surface area contributed by atoms with Crippen LogP contribution in [0.2, 0.25) is 0 Å². The quantitative estimate of drug-likeness (QED) is 0.460. The first-order valence-electron chi connectivity index (χ1n) is 13.0. The number of hydrogen-bond donors (Lipinski definition) is 2. The summed E-state index contributed by atoms with van der Waals surface area (Å²) in [6.07, 6.45) is 2.60. The number of para-hydroxylation sites is 1. The molecule has 0 unspecified atom stereocenters. The predicted octanol–water partition coefficient (Wildman–Crippen LogP) is 2.89. The lowest BCUT2D eigenvalue weighted by molar-refractivity contribution is -0.136. The topological polar surface area (TPSA) is 85.0 Å². The second-order valence-corrected chi connectivity index (χ2v) is 9.82. The maximum atomic E-state index is 12.6. The summed E-state index contributed by atoms with van der Waals surface area (Å²) >= 11 is 0. The van der Waals surface area contributed by atoms with E-state index in [1.807, 2.05) is 26.0 Å². The van der Waals surface area contributed by atoms with E-state index in [0.29, 0.717) is 18.8 Å². The molecule has 0 aliphatic carbocycles. The summed E-state index contributed by atoms with van der Waals surface area (Å²) in [6.45, 7) is 9.72. The molecule has 2 aromatic carbocycles. The third kappa shape index (κ3) is 6.43. The maximum Gasteiger partial charge on any atom is 0.313 e. The molecule has 2 aromatic rings. The second-order valence-electron chi connectivity index (χ2n) is 9.82. The van der Waals surface area contributed by atoms with E-state index in [9.17, 15) is 14.4 Å². The lowest BCUT2D eigenvalue weighted by Gasteiger charge is -2.36. The first-order valence-corrected chi connectivity index (χ1v) is 13.0. The van der Waals surface area contributed by atoms with Gasteiger partial charge < -0.3 is 20.4 Å². The number of rotatable bonds is 7. The molecule has 36 heavy (non-hydrogen) atoms. The van der Waals surface area contributed by atoms with Crippen LogP contribution in [-0.4, -0.2) is 68.4 Å². The monoisotopic (exact) mass is 491 g/mol. The van der Waals surface area contributed by atoms with Gasteiger partial charge in [-0.3, -0.25) is 19.3 Å². The zero-order valence-electron chi connectivity index (χ0n) is 21.3. The molecule has 8 heteroatoms. The highest BCUT2D eigenvalue weighted by Crippen LogP contribution is 2.31. The van der Waals surface area contributed by atoms with Crippen molar-refractivity contribution in [1.82, 2.24) is 10.2 Å². The van der Waals surface area contributed by atoms with E-state index in [0.717, 1.165) is 63.2 Å². The Labute approximate surface area is 213 Å². The molecular weight excluding hydrogens is 454 g/mol. The summed E-state index contributed by atoms with van der Waals surface area (Å²) in [7, 11) is 0. The largest absolute Gasteiger partial charge is 0.369 e. The molecule has 2 heterocycles. The van der Waals surface area contributed by atoms with E-state index in [1.54, 1.807) is 17.0 Å². The molecule has 0 spiro atoms. The first kappa shape index (κ1) is 25.7. The Morgan fingerprint density at radius 1 is 0.917 bits per heavy atom. The van der Waals surface area contributed by atoms with Crippen molar-refractivity contribution in [1.29, 1.82) is 0 Å². The third-order valence-corrected chi connectivity index (χ3v) is 6.86. The van der Waals surface area contributed by atoms with Crippen molar-refractivity contribution in [3.8, 4) is 0 Å². The van der Waals surface area contributed by atoms with Crippen LogP contribution in [0.5, 0.6) is 0 Å². The predicted molar refractivity (Wildman–Crippen MR) is 143 cm³/mol. The number of aryl methyl sites for hydroxylation is 1. The molecule has 1 saturated heterocycles. The molecule has 192 valence electrons. The second kappa shape index (κ2) is 12.0. The molecule has 2 aliphatic heterocycles.